The molecule has 1 atom stereocenters. The molecule has 21 heavy (non-hydrogen) atoms. The van der Waals surface area contributed by atoms with Crippen molar-refractivity contribution in [1.29, 1.82) is 0 Å². The summed E-state index contributed by atoms with van der Waals surface area (Å²) in [6.45, 7) is 2.98. The molecule has 0 radical (unpaired) electrons. The minimum atomic E-state index is -0.770. The quantitative estimate of drug-likeness (QED) is 0.929. The van der Waals surface area contributed by atoms with Crippen molar-refractivity contribution in [3.8, 4) is 5.75 Å². The first-order valence-electron chi connectivity index (χ1n) is 7.46. The van der Waals surface area contributed by atoms with Crippen molar-refractivity contribution in [2.24, 2.45) is 0 Å². The van der Waals surface area contributed by atoms with Crippen LogP contribution in [0.15, 0.2) is 18.2 Å². The molecule has 0 spiro atoms. The van der Waals surface area contributed by atoms with Crippen LogP contribution in [0.4, 0.5) is 4.39 Å². The van der Waals surface area contributed by atoms with Crippen LogP contribution in [0.1, 0.15) is 44.3 Å². The molecule has 1 aliphatic heterocycles. The third-order valence-electron chi connectivity index (χ3n) is 3.74. The van der Waals surface area contributed by atoms with Crippen molar-refractivity contribution >= 4 is 5.91 Å². The van der Waals surface area contributed by atoms with Crippen LogP contribution in [0.3, 0.4) is 0 Å². The van der Waals surface area contributed by atoms with Gasteiger partial charge in [0, 0.05) is 24.7 Å². The van der Waals surface area contributed by atoms with Crippen LogP contribution in [0.2, 0.25) is 0 Å². The number of aliphatic hydroxyl groups is 1. The lowest BCUT2D eigenvalue weighted by Gasteiger charge is -2.21. The molecule has 1 heterocycles. The van der Waals surface area contributed by atoms with E-state index in [4.69, 9.17) is 4.74 Å². The topological polar surface area (TPSA) is 49.8 Å². The van der Waals surface area contributed by atoms with E-state index in [1.54, 1.807) is 11.8 Å². The van der Waals surface area contributed by atoms with E-state index in [-0.39, 0.29) is 18.3 Å². The van der Waals surface area contributed by atoms with Crippen molar-refractivity contribution in [3.05, 3.63) is 29.6 Å². The highest BCUT2D eigenvalue weighted by Crippen LogP contribution is 2.26. The Hall–Kier alpha value is -1.62. The van der Waals surface area contributed by atoms with Crippen LogP contribution >= 0.6 is 0 Å². The van der Waals surface area contributed by atoms with E-state index >= 15 is 0 Å². The average molecular weight is 295 g/mol. The van der Waals surface area contributed by atoms with Gasteiger partial charge in [-0.05, 0) is 31.9 Å². The largest absolute Gasteiger partial charge is 0.483 e. The molecule has 0 bridgehead atoms. The predicted octanol–water partition coefficient (Wildman–Crippen LogP) is 2.66. The molecule has 1 aromatic carbocycles. The highest BCUT2D eigenvalue weighted by Gasteiger charge is 2.17. The Labute approximate surface area is 124 Å². The third kappa shape index (κ3) is 4.43. The van der Waals surface area contributed by atoms with E-state index in [9.17, 15) is 14.3 Å². The van der Waals surface area contributed by atoms with Crippen LogP contribution < -0.4 is 4.74 Å². The Bertz CT molecular complexity index is 482. The summed E-state index contributed by atoms with van der Waals surface area (Å²) in [7, 11) is 0. The number of halogens is 1. The normalized spacial score (nSPS) is 17.2. The van der Waals surface area contributed by atoms with Gasteiger partial charge >= 0.3 is 0 Å². The molecule has 1 saturated heterocycles. The second-order valence-corrected chi connectivity index (χ2v) is 5.44. The summed E-state index contributed by atoms with van der Waals surface area (Å²) in [5, 5.41) is 9.65. The van der Waals surface area contributed by atoms with Crippen LogP contribution in [0.5, 0.6) is 5.75 Å². The van der Waals surface area contributed by atoms with Crippen molar-refractivity contribution < 1.29 is 19.0 Å². The first-order chi connectivity index (χ1) is 10.1. The number of ether oxygens (including phenoxy) is 1. The van der Waals surface area contributed by atoms with E-state index < -0.39 is 11.9 Å². The summed E-state index contributed by atoms with van der Waals surface area (Å²) >= 11 is 0. The van der Waals surface area contributed by atoms with Gasteiger partial charge in [-0.1, -0.05) is 12.8 Å². The Balaban J connectivity index is 1.98. The standard InChI is InChI=1S/C16H22FNO3/c1-12(19)14-7-6-13(17)10-15(14)21-11-16(20)18-8-4-2-3-5-9-18/h6-7,10,12,19H,2-5,8-9,11H2,1H3. The molecule has 1 fully saturated rings. The second kappa shape index (κ2) is 7.41. The van der Waals surface area contributed by atoms with Crippen LogP contribution in [0, 0.1) is 5.82 Å². The highest BCUT2D eigenvalue weighted by molar-refractivity contribution is 5.77. The lowest BCUT2D eigenvalue weighted by atomic mass is 10.1. The van der Waals surface area contributed by atoms with Gasteiger partial charge in [0.25, 0.3) is 5.91 Å². The molecule has 1 N–H and O–H groups in total. The Kier molecular flexibility index (Phi) is 5.56. The molecule has 0 aliphatic carbocycles. The zero-order valence-electron chi connectivity index (χ0n) is 12.3. The maximum Gasteiger partial charge on any atom is 0.260 e. The molecule has 1 unspecified atom stereocenters. The number of nitrogens with zero attached hydrogens (tertiary/aromatic N) is 1. The highest BCUT2D eigenvalue weighted by atomic mass is 19.1. The summed E-state index contributed by atoms with van der Waals surface area (Å²) in [4.78, 5) is 13.9. The van der Waals surface area contributed by atoms with Gasteiger partial charge in [0.15, 0.2) is 6.61 Å². The van der Waals surface area contributed by atoms with Gasteiger partial charge < -0.3 is 14.7 Å². The maximum absolute atomic E-state index is 13.3. The molecular formula is C16H22FNO3. The summed E-state index contributed by atoms with van der Waals surface area (Å²) in [5.41, 5.74) is 0.486. The first kappa shape index (κ1) is 15.8. The van der Waals surface area contributed by atoms with E-state index in [1.165, 1.54) is 18.2 Å². The van der Waals surface area contributed by atoms with Crippen molar-refractivity contribution in [3.63, 3.8) is 0 Å². The molecule has 1 aromatic rings. The van der Waals surface area contributed by atoms with E-state index in [0.717, 1.165) is 38.8 Å². The fourth-order valence-corrected chi connectivity index (χ4v) is 2.53. The van der Waals surface area contributed by atoms with Gasteiger partial charge in [0.1, 0.15) is 11.6 Å². The van der Waals surface area contributed by atoms with E-state index in [0.29, 0.717) is 5.56 Å². The van der Waals surface area contributed by atoms with E-state index in [2.05, 4.69) is 0 Å². The zero-order chi connectivity index (χ0) is 15.2. The van der Waals surface area contributed by atoms with Crippen LogP contribution in [-0.2, 0) is 4.79 Å². The minimum Gasteiger partial charge on any atom is -0.483 e. The van der Waals surface area contributed by atoms with Crippen molar-refractivity contribution in [2.45, 2.75) is 38.7 Å². The Morgan fingerprint density at radius 2 is 2.00 bits per heavy atom. The van der Waals surface area contributed by atoms with Crippen molar-refractivity contribution in [2.75, 3.05) is 19.7 Å². The fraction of sp³-hybridized carbons (Fsp3) is 0.562. The number of benzene rings is 1. The van der Waals surface area contributed by atoms with Gasteiger partial charge in [0.05, 0.1) is 6.10 Å². The summed E-state index contributed by atoms with van der Waals surface area (Å²) < 4.78 is 18.7. The molecule has 4 nitrogen and oxygen atoms in total. The number of aliphatic hydroxyl groups excluding tert-OH is 1. The molecule has 0 aromatic heterocycles. The third-order valence-corrected chi connectivity index (χ3v) is 3.74. The zero-order valence-corrected chi connectivity index (χ0v) is 12.3. The van der Waals surface area contributed by atoms with Gasteiger partial charge in [0.2, 0.25) is 0 Å². The number of amides is 1. The molecule has 1 amide bonds. The number of hydrogen-bond donors (Lipinski definition) is 1. The van der Waals surface area contributed by atoms with Gasteiger partial charge in [-0.2, -0.15) is 0 Å². The number of carbonyl (C=O) groups is 1. The maximum atomic E-state index is 13.3. The molecular weight excluding hydrogens is 273 g/mol. The SMILES string of the molecule is CC(O)c1ccc(F)cc1OCC(=O)N1CCCCCC1. The molecule has 5 heteroatoms. The monoisotopic (exact) mass is 295 g/mol. The lowest BCUT2D eigenvalue weighted by Crippen LogP contribution is -2.35. The number of hydrogen-bond acceptors (Lipinski definition) is 3. The van der Waals surface area contributed by atoms with Gasteiger partial charge in [-0.25, -0.2) is 4.39 Å². The summed E-state index contributed by atoms with van der Waals surface area (Å²) in [6.07, 6.45) is 3.57. The van der Waals surface area contributed by atoms with Crippen LogP contribution in [0.25, 0.3) is 0 Å². The number of rotatable bonds is 4. The molecule has 0 saturated carbocycles. The molecule has 1 aliphatic rings. The summed E-state index contributed by atoms with van der Waals surface area (Å²) in [5.74, 6) is -0.303. The fourth-order valence-electron chi connectivity index (χ4n) is 2.53. The predicted molar refractivity (Wildman–Crippen MR) is 77.6 cm³/mol. The Morgan fingerprint density at radius 3 is 2.62 bits per heavy atom. The molecule has 2 rings (SSSR count). The van der Waals surface area contributed by atoms with Crippen LogP contribution in [-0.4, -0.2) is 35.6 Å². The minimum absolute atomic E-state index is 0.0855. The number of carbonyl (C=O) groups excluding carboxylic acids is 1. The average Bonchev–Trinajstić information content (AvgIpc) is 2.73. The Morgan fingerprint density at radius 1 is 1.33 bits per heavy atom. The first-order valence-corrected chi connectivity index (χ1v) is 7.46. The summed E-state index contributed by atoms with van der Waals surface area (Å²) in [6, 6.07) is 3.95. The lowest BCUT2D eigenvalue weighted by molar-refractivity contribution is -0.133. The van der Waals surface area contributed by atoms with Gasteiger partial charge in [-0.3, -0.25) is 4.79 Å². The second-order valence-electron chi connectivity index (χ2n) is 5.44. The van der Waals surface area contributed by atoms with E-state index in [1.807, 2.05) is 0 Å². The number of likely N-dealkylation sites (tertiary alicyclic amines) is 1. The smallest absolute Gasteiger partial charge is 0.260 e. The van der Waals surface area contributed by atoms with Crippen molar-refractivity contribution in [1.82, 2.24) is 4.90 Å². The molecule has 116 valence electrons. The van der Waals surface area contributed by atoms with Gasteiger partial charge in [-0.15, -0.1) is 0 Å².